The van der Waals surface area contributed by atoms with Crippen molar-refractivity contribution in [1.29, 1.82) is 0 Å². The average molecular weight is 419 g/mol. The smallest absolute Gasteiger partial charge is 0.756 e. The normalized spacial score (nSPS) is 9.42. The number of hydrogen-bond donors (Lipinski definition) is 2. The number of carbonyl (C=O) groups excluding carboxylic acids is 1. The Morgan fingerprint density at radius 1 is 1.04 bits per heavy atom. The van der Waals surface area contributed by atoms with Gasteiger partial charge < -0.3 is 24.6 Å². The zero-order valence-corrected chi connectivity index (χ0v) is 17.2. The summed E-state index contributed by atoms with van der Waals surface area (Å²) in [4.78, 5) is 31.8. The van der Waals surface area contributed by atoms with Crippen LogP contribution < -0.4 is 10.00 Å². The molecular weight excluding hydrogens is 406 g/mol. The van der Waals surface area contributed by atoms with Gasteiger partial charge in [-0.3, -0.25) is 4.57 Å². The van der Waals surface area contributed by atoms with Crippen LogP contribution in [0.2, 0.25) is 10.0 Å². The molecule has 2 aromatic carbocycles. The van der Waals surface area contributed by atoms with Crippen LogP contribution in [-0.4, -0.2) is 53.5 Å². The third-order valence-corrected chi connectivity index (χ3v) is 2.86. The van der Waals surface area contributed by atoms with E-state index in [9.17, 15) is 0 Å². The number of rotatable bonds is 1. The molecule has 0 radical (unpaired) electrons. The molecule has 0 heterocycles. The number of benzene rings is 2. The van der Waals surface area contributed by atoms with Gasteiger partial charge in [-0.15, -0.1) is 0 Å². The van der Waals surface area contributed by atoms with Crippen molar-refractivity contribution < 1.29 is 29.1 Å². The van der Waals surface area contributed by atoms with Crippen LogP contribution in [0.25, 0.3) is 11.1 Å². The third-order valence-electron chi connectivity index (χ3n) is 2.04. The van der Waals surface area contributed by atoms with Gasteiger partial charge in [0.15, 0.2) is 0 Å². The summed E-state index contributed by atoms with van der Waals surface area (Å²) >= 11 is 12.0. The number of hydrogen-bond acceptors (Lipinski definition) is 4. The first-order valence-corrected chi connectivity index (χ1v) is 8.24. The molecule has 0 atom stereocenters. The molecule has 0 aliphatic carbocycles. The van der Waals surface area contributed by atoms with E-state index in [0.29, 0.717) is 10.0 Å². The molecule has 2 N–H and O–H groups in total. The summed E-state index contributed by atoms with van der Waals surface area (Å²) in [7, 11) is -4.89. The molecule has 0 bridgehead atoms. The molecule has 0 fully saturated rings. The average Bonchev–Trinajstić information content (AvgIpc) is 2.40. The molecule has 6 nitrogen and oxygen atoms in total. The topological polar surface area (TPSA) is 121 Å². The Morgan fingerprint density at radius 3 is 1.88 bits per heavy atom. The van der Waals surface area contributed by atoms with Gasteiger partial charge in [-0.2, -0.15) is 0 Å². The molecule has 0 saturated carbocycles. The van der Waals surface area contributed by atoms with Gasteiger partial charge in [-0.05, 0) is 18.6 Å². The SMILES string of the molecule is CC(=O)[O-].Clc1cccc(-c2ccccc2)c1Cl.O=P([O-])(O)O.[Ca+2]. The molecule has 0 saturated heterocycles. The maximum atomic E-state index is 8.89. The summed E-state index contributed by atoms with van der Waals surface area (Å²) in [6.07, 6.45) is 0. The Morgan fingerprint density at radius 2 is 1.46 bits per heavy atom. The zero-order valence-electron chi connectivity index (χ0n) is 12.6. The Kier molecular flexibility index (Phi) is 14.3. The van der Waals surface area contributed by atoms with Gasteiger partial charge in [0.05, 0.1) is 10.0 Å². The fourth-order valence-corrected chi connectivity index (χ4v) is 1.75. The monoisotopic (exact) mass is 418 g/mol. The molecule has 0 aliphatic heterocycles. The second-order valence-corrected chi connectivity index (χ2v) is 5.72. The predicted molar refractivity (Wildman–Crippen MR) is 90.4 cm³/mol. The van der Waals surface area contributed by atoms with Crippen molar-refractivity contribution in [1.82, 2.24) is 0 Å². The van der Waals surface area contributed by atoms with Crippen LogP contribution in [-0.2, 0) is 9.36 Å². The summed E-state index contributed by atoms with van der Waals surface area (Å²) in [5.74, 6) is -1.08. The zero-order chi connectivity index (χ0) is 18.0. The summed E-state index contributed by atoms with van der Waals surface area (Å²) in [6.45, 7) is 0.972. The summed E-state index contributed by atoms with van der Waals surface area (Å²) in [5.41, 5.74) is 2.06. The van der Waals surface area contributed by atoms with E-state index in [0.717, 1.165) is 18.1 Å². The van der Waals surface area contributed by atoms with E-state index in [2.05, 4.69) is 0 Å². The molecule has 0 amide bonds. The van der Waals surface area contributed by atoms with Crippen LogP contribution in [0.5, 0.6) is 0 Å². The van der Waals surface area contributed by atoms with Crippen molar-refractivity contribution in [3.63, 3.8) is 0 Å². The van der Waals surface area contributed by atoms with E-state index in [1.54, 1.807) is 6.07 Å². The number of halogens is 2. The standard InChI is InChI=1S/C12H8Cl2.C2H4O2.Ca.H3O4P/c13-11-8-4-7-10(12(11)14)9-5-2-1-3-6-9;1-2(3)4;;1-5(2,3)4/h1-8H;1H3,(H,3,4);;(H3,1,2,3,4)/q;;+2;/p-2. The summed E-state index contributed by atoms with van der Waals surface area (Å²) < 4.78 is 8.77. The molecule has 0 aliphatic rings. The van der Waals surface area contributed by atoms with E-state index in [4.69, 9.17) is 52.3 Å². The van der Waals surface area contributed by atoms with E-state index >= 15 is 0 Å². The predicted octanol–water partition coefficient (Wildman–Crippen LogP) is 1.48. The van der Waals surface area contributed by atoms with E-state index < -0.39 is 13.8 Å². The van der Waals surface area contributed by atoms with Gasteiger partial charge in [0.1, 0.15) is 0 Å². The van der Waals surface area contributed by atoms with Crippen molar-refractivity contribution in [2.75, 3.05) is 0 Å². The van der Waals surface area contributed by atoms with Gasteiger partial charge in [0, 0.05) is 11.5 Å². The van der Waals surface area contributed by atoms with Crippen molar-refractivity contribution in [3.05, 3.63) is 58.6 Å². The largest absolute Gasteiger partial charge is 2.00 e. The molecule has 24 heavy (non-hydrogen) atoms. The quantitative estimate of drug-likeness (QED) is 0.534. The van der Waals surface area contributed by atoms with Gasteiger partial charge in [0.2, 0.25) is 0 Å². The van der Waals surface area contributed by atoms with Gasteiger partial charge in [-0.1, -0.05) is 65.7 Å². The molecule has 126 valence electrons. The fraction of sp³-hybridized carbons (Fsp3) is 0.0714. The first-order chi connectivity index (χ1) is 10.5. The van der Waals surface area contributed by atoms with Crippen molar-refractivity contribution >= 4 is 74.7 Å². The molecular formula is C14H13CaCl2O6P. The second kappa shape index (κ2) is 13.1. The molecule has 2 rings (SSSR count). The van der Waals surface area contributed by atoms with Crippen molar-refractivity contribution in [2.24, 2.45) is 0 Å². The molecule has 2 aromatic rings. The number of carboxylic acids is 1. The molecule has 10 heteroatoms. The van der Waals surface area contributed by atoms with Crippen LogP contribution in [0.4, 0.5) is 0 Å². The van der Waals surface area contributed by atoms with Gasteiger partial charge in [0.25, 0.3) is 7.82 Å². The first kappa shape index (κ1) is 26.1. The van der Waals surface area contributed by atoms with Gasteiger partial charge in [-0.25, -0.2) is 0 Å². The second-order valence-electron chi connectivity index (χ2n) is 3.95. The Balaban J connectivity index is 0. The minimum Gasteiger partial charge on any atom is -0.756 e. The molecule has 0 aromatic heterocycles. The molecule has 0 spiro atoms. The number of phosphoric acid groups is 1. The maximum absolute atomic E-state index is 8.89. The van der Waals surface area contributed by atoms with Crippen LogP contribution in [0.1, 0.15) is 6.92 Å². The van der Waals surface area contributed by atoms with Crippen molar-refractivity contribution in [3.8, 4) is 11.1 Å². The number of carboxylic acid groups (broad SMARTS) is 1. The maximum Gasteiger partial charge on any atom is 2.00 e. The third kappa shape index (κ3) is 14.2. The summed E-state index contributed by atoms with van der Waals surface area (Å²) in [6, 6.07) is 15.6. The minimum absolute atomic E-state index is 0. The number of aliphatic carboxylic acids is 1. The Hall–Kier alpha value is -0.140. The van der Waals surface area contributed by atoms with E-state index in [1.807, 2.05) is 42.5 Å². The number of carbonyl (C=O) groups is 1. The Labute approximate surface area is 179 Å². The van der Waals surface area contributed by atoms with Gasteiger partial charge >= 0.3 is 37.7 Å². The van der Waals surface area contributed by atoms with Crippen LogP contribution in [0.15, 0.2) is 48.5 Å². The molecule has 0 unspecified atom stereocenters. The van der Waals surface area contributed by atoms with E-state index in [-0.39, 0.29) is 37.7 Å². The fourth-order valence-electron chi connectivity index (χ4n) is 1.34. The van der Waals surface area contributed by atoms with E-state index in [1.165, 1.54) is 0 Å². The van der Waals surface area contributed by atoms with Crippen LogP contribution >= 0.6 is 31.0 Å². The minimum atomic E-state index is -4.89. The van der Waals surface area contributed by atoms with Crippen LogP contribution in [0.3, 0.4) is 0 Å². The first-order valence-electron chi connectivity index (χ1n) is 5.96. The Bertz CT molecular complexity index is 666. The van der Waals surface area contributed by atoms with Crippen LogP contribution in [0, 0.1) is 0 Å². The van der Waals surface area contributed by atoms with Crippen molar-refractivity contribution in [2.45, 2.75) is 6.92 Å². The summed E-state index contributed by atoms with van der Waals surface area (Å²) in [5, 5.41) is 10.1.